The van der Waals surface area contributed by atoms with Crippen LogP contribution in [0.4, 0.5) is 13.2 Å². The van der Waals surface area contributed by atoms with Gasteiger partial charge < -0.3 is 10.1 Å². The minimum absolute atomic E-state index is 0.0902. The quantitative estimate of drug-likeness (QED) is 0.878. The lowest BCUT2D eigenvalue weighted by molar-refractivity contribution is -0.138. The molecule has 2 rings (SSSR count). The van der Waals surface area contributed by atoms with Crippen LogP contribution in [0.2, 0.25) is 0 Å². The molecule has 0 radical (unpaired) electrons. The van der Waals surface area contributed by atoms with Crippen LogP contribution in [0, 0.1) is 0 Å². The summed E-state index contributed by atoms with van der Waals surface area (Å²) in [6.07, 6.45) is -2.70. The van der Waals surface area contributed by atoms with Gasteiger partial charge in [-0.3, -0.25) is 0 Å². The maximum atomic E-state index is 13.1. The zero-order chi connectivity index (χ0) is 14.3. The van der Waals surface area contributed by atoms with Gasteiger partial charge in [0, 0.05) is 15.6 Å². The molecular weight excluding hydrogens is 323 g/mol. The van der Waals surface area contributed by atoms with Gasteiger partial charge in [-0.05, 0) is 38.4 Å². The van der Waals surface area contributed by atoms with Crippen LogP contribution in [0.15, 0.2) is 16.6 Å². The molecule has 0 bridgehead atoms. The van der Waals surface area contributed by atoms with Gasteiger partial charge in [-0.2, -0.15) is 13.2 Å². The molecule has 19 heavy (non-hydrogen) atoms. The van der Waals surface area contributed by atoms with E-state index in [0.717, 1.165) is 25.5 Å². The number of benzene rings is 1. The number of hydrogen-bond donors (Lipinski definition) is 1. The monoisotopic (exact) mass is 337 g/mol. The predicted molar refractivity (Wildman–Crippen MR) is 70.3 cm³/mol. The van der Waals surface area contributed by atoms with E-state index < -0.39 is 17.3 Å². The second kappa shape index (κ2) is 4.98. The van der Waals surface area contributed by atoms with Gasteiger partial charge in [0.2, 0.25) is 0 Å². The van der Waals surface area contributed by atoms with E-state index in [4.69, 9.17) is 4.74 Å². The van der Waals surface area contributed by atoms with Crippen LogP contribution in [0.1, 0.15) is 30.9 Å². The van der Waals surface area contributed by atoms with Crippen LogP contribution in [0.3, 0.4) is 0 Å². The molecule has 1 heterocycles. The molecule has 1 aliphatic rings. The van der Waals surface area contributed by atoms with E-state index in [1.807, 2.05) is 6.92 Å². The maximum absolute atomic E-state index is 13.1. The number of alkyl halides is 3. The van der Waals surface area contributed by atoms with Crippen LogP contribution >= 0.6 is 15.9 Å². The summed E-state index contributed by atoms with van der Waals surface area (Å²) in [5, 5.41) is 3.26. The summed E-state index contributed by atoms with van der Waals surface area (Å²) in [5.74, 6) is -0.0902. The Labute approximate surface area is 118 Å². The van der Waals surface area contributed by atoms with E-state index in [9.17, 15) is 13.2 Å². The minimum atomic E-state index is -4.43. The molecule has 1 aromatic rings. The smallest absolute Gasteiger partial charge is 0.420 e. The van der Waals surface area contributed by atoms with Crippen LogP contribution < -0.4 is 10.1 Å². The molecule has 0 spiro atoms. The Bertz CT molecular complexity index is 482. The van der Waals surface area contributed by atoms with Crippen LogP contribution in [0.5, 0.6) is 5.75 Å². The molecule has 1 fully saturated rings. The Morgan fingerprint density at radius 3 is 2.53 bits per heavy atom. The molecule has 1 saturated heterocycles. The largest absolute Gasteiger partial charge is 0.496 e. The van der Waals surface area contributed by atoms with Crippen molar-refractivity contribution in [3.05, 3.63) is 27.7 Å². The zero-order valence-corrected chi connectivity index (χ0v) is 12.3. The first kappa shape index (κ1) is 14.7. The van der Waals surface area contributed by atoms with Crippen LogP contribution in [-0.4, -0.2) is 13.7 Å². The van der Waals surface area contributed by atoms with Crippen molar-refractivity contribution in [3.63, 3.8) is 0 Å². The molecule has 0 amide bonds. The molecule has 2 nitrogen and oxygen atoms in total. The molecule has 1 aromatic carbocycles. The lowest BCUT2D eigenvalue weighted by Crippen LogP contribution is -2.34. The highest BCUT2D eigenvalue weighted by molar-refractivity contribution is 9.10. The lowest BCUT2D eigenvalue weighted by atomic mass is 9.88. The summed E-state index contributed by atoms with van der Waals surface area (Å²) in [6, 6.07) is 2.76. The molecular formula is C13H15BrF3NO. The van der Waals surface area contributed by atoms with E-state index in [0.29, 0.717) is 10.0 Å². The maximum Gasteiger partial charge on any atom is 0.420 e. The number of methoxy groups -OCH3 is 1. The van der Waals surface area contributed by atoms with E-state index in [1.54, 1.807) is 6.07 Å². The van der Waals surface area contributed by atoms with Crippen molar-refractivity contribution in [2.75, 3.05) is 13.7 Å². The van der Waals surface area contributed by atoms with E-state index in [-0.39, 0.29) is 5.75 Å². The summed E-state index contributed by atoms with van der Waals surface area (Å²) in [5.41, 5.74) is -0.668. The number of halogens is 4. The second-order valence-electron chi connectivity index (χ2n) is 4.89. The third kappa shape index (κ3) is 2.74. The third-order valence-corrected chi connectivity index (χ3v) is 3.98. The Balaban J connectivity index is 2.63. The highest BCUT2D eigenvalue weighted by Crippen LogP contribution is 2.45. The van der Waals surface area contributed by atoms with Crippen LogP contribution in [0.25, 0.3) is 0 Å². The fourth-order valence-corrected chi connectivity index (χ4v) is 3.02. The molecule has 1 unspecified atom stereocenters. The third-order valence-electron chi connectivity index (χ3n) is 3.53. The average molecular weight is 338 g/mol. The van der Waals surface area contributed by atoms with E-state index >= 15 is 0 Å². The zero-order valence-electron chi connectivity index (χ0n) is 10.7. The second-order valence-corrected chi connectivity index (χ2v) is 5.81. The van der Waals surface area contributed by atoms with Gasteiger partial charge >= 0.3 is 6.18 Å². The normalized spacial score (nSPS) is 23.7. The van der Waals surface area contributed by atoms with Gasteiger partial charge in [0.15, 0.2) is 0 Å². The van der Waals surface area contributed by atoms with Crippen molar-refractivity contribution in [2.24, 2.45) is 0 Å². The molecule has 106 valence electrons. The number of nitrogens with one attached hydrogen (secondary N) is 1. The topological polar surface area (TPSA) is 21.3 Å². The van der Waals surface area contributed by atoms with Gasteiger partial charge in [0.25, 0.3) is 0 Å². The van der Waals surface area contributed by atoms with Gasteiger partial charge in [-0.15, -0.1) is 0 Å². The van der Waals surface area contributed by atoms with Gasteiger partial charge in [0.05, 0.1) is 12.7 Å². The highest BCUT2D eigenvalue weighted by atomic mass is 79.9. The van der Waals surface area contributed by atoms with Crippen molar-refractivity contribution >= 4 is 15.9 Å². The standard InChI is InChI=1S/C13H15BrF3NO/c1-12(4-3-5-18-12)9-6-8(14)7-10(11(9)19-2)13(15,16)17/h6-7,18H,3-5H2,1-2H3. The summed E-state index contributed by atoms with van der Waals surface area (Å²) >= 11 is 3.16. The molecule has 0 aromatic heterocycles. The van der Waals surface area contributed by atoms with Crippen molar-refractivity contribution in [1.82, 2.24) is 5.32 Å². The molecule has 1 N–H and O–H groups in total. The first-order chi connectivity index (χ1) is 8.78. The molecule has 0 aliphatic carbocycles. The van der Waals surface area contributed by atoms with E-state index in [1.165, 1.54) is 7.11 Å². The first-order valence-electron chi connectivity index (χ1n) is 5.98. The van der Waals surface area contributed by atoms with Crippen molar-refractivity contribution in [1.29, 1.82) is 0 Å². The SMILES string of the molecule is COc1c(C(F)(F)F)cc(Br)cc1C1(C)CCCN1. The van der Waals surface area contributed by atoms with Crippen LogP contribution in [-0.2, 0) is 11.7 Å². The number of rotatable bonds is 2. The molecule has 1 aliphatic heterocycles. The fraction of sp³-hybridized carbons (Fsp3) is 0.538. The summed E-state index contributed by atoms with van der Waals surface area (Å²) in [4.78, 5) is 0. The number of hydrogen-bond acceptors (Lipinski definition) is 2. The molecule has 0 saturated carbocycles. The average Bonchev–Trinajstić information content (AvgIpc) is 2.75. The minimum Gasteiger partial charge on any atom is -0.496 e. The van der Waals surface area contributed by atoms with Crippen molar-refractivity contribution < 1.29 is 17.9 Å². The predicted octanol–water partition coefficient (Wildman–Crippen LogP) is 4.08. The highest BCUT2D eigenvalue weighted by Gasteiger charge is 2.40. The fourth-order valence-electron chi connectivity index (χ4n) is 2.56. The Kier molecular flexibility index (Phi) is 3.84. The summed E-state index contributed by atoms with van der Waals surface area (Å²) in [6.45, 7) is 2.71. The lowest BCUT2D eigenvalue weighted by Gasteiger charge is -2.29. The Hall–Kier alpha value is -0.750. The van der Waals surface area contributed by atoms with Crippen molar-refractivity contribution in [2.45, 2.75) is 31.5 Å². The van der Waals surface area contributed by atoms with Gasteiger partial charge in [0.1, 0.15) is 5.75 Å². The first-order valence-corrected chi connectivity index (χ1v) is 6.77. The molecule has 1 atom stereocenters. The number of ether oxygens (including phenoxy) is 1. The molecule has 6 heteroatoms. The van der Waals surface area contributed by atoms with Gasteiger partial charge in [-0.1, -0.05) is 15.9 Å². The van der Waals surface area contributed by atoms with Crippen molar-refractivity contribution in [3.8, 4) is 5.75 Å². The Morgan fingerprint density at radius 1 is 1.37 bits per heavy atom. The summed E-state index contributed by atoms with van der Waals surface area (Å²) in [7, 11) is 1.28. The van der Waals surface area contributed by atoms with E-state index in [2.05, 4.69) is 21.2 Å². The summed E-state index contributed by atoms with van der Waals surface area (Å²) < 4.78 is 44.7. The van der Waals surface area contributed by atoms with Gasteiger partial charge in [-0.25, -0.2) is 0 Å². The Morgan fingerprint density at radius 2 is 2.05 bits per heavy atom.